The Morgan fingerprint density at radius 1 is 1.22 bits per heavy atom. The molecule has 1 fully saturated rings. The van der Waals surface area contributed by atoms with E-state index in [1.165, 1.54) is 27.8 Å². The predicted octanol–water partition coefficient (Wildman–Crippen LogP) is 2.01. The molecule has 2 aromatic rings. The van der Waals surface area contributed by atoms with E-state index in [0.717, 1.165) is 29.1 Å². The summed E-state index contributed by atoms with van der Waals surface area (Å²) in [6.07, 6.45) is 1.73. The highest BCUT2D eigenvalue weighted by Gasteiger charge is 2.34. The van der Waals surface area contributed by atoms with Crippen LogP contribution in [0.15, 0.2) is 29.2 Å². The number of rotatable bonds is 5. The maximum Gasteiger partial charge on any atom is 0.251 e. The highest BCUT2D eigenvalue weighted by atomic mass is 32.2. The van der Waals surface area contributed by atoms with Crippen molar-refractivity contribution in [2.24, 2.45) is 11.7 Å². The molecule has 8 nitrogen and oxygen atoms in total. The van der Waals surface area contributed by atoms with Gasteiger partial charge < -0.3 is 16.0 Å². The summed E-state index contributed by atoms with van der Waals surface area (Å²) in [5.41, 5.74) is 6.86. The van der Waals surface area contributed by atoms with E-state index in [1.54, 1.807) is 0 Å². The molecule has 2 aliphatic rings. The third-order valence-electron chi connectivity index (χ3n) is 5.94. The van der Waals surface area contributed by atoms with Gasteiger partial charge in [-0.05, 0) is 56.1 Å². The molecular formula is C21H25FN4O4S2. The number of nitrogens with two attached hydrogens (primary N) is 1. The van der Waals surface area contributed by atoms with Gasteiger partial charge in [-0.3, -0.25) is 9.59 Å². The number of hydrogen-bond acceptors (Lipinski definition) is 6. The molecule has 1 unspecified atom stereocenters. The lowest BCUT2D eigenvalue weighted by atomic mass is 9.98. The molecular weight excluding hydrogens is 455 g/mol. The molecule has 3 heterocycles. The van der Waals surface area contributed by atoms with E-state index in [2.05, 4.69) is 10.2 Å². The first-order chi connectivity index (χ1) is 15.2. The normalized spacial score (nSPS) is 20.0. The van der Waals surface area contributed by atoms with Crippen molar-refractivity contribution in [3.8, 4) is 0 Å². The zero-order chi connectivity index (χ0) is 23.0. The van der Waals surface area contributed by atoms with Gasteiger partial charge in [-0.1, -0.05) is 0 Å². The first kappa shape index (κ1) is 22.8. The minimum absolute atomic E-state index is 0.00831. The molecule has 0 spiro atoms. The molecule has 172 valence electrons. The van der Waals surface area contributed by atoms with Crippen LogP contribution in [0, 0.1) is 11.7 Å². The van der Waals surface area contributed by atoms with Gasteiger partial charge in [0, 0.05) is 31.1 Å². The number of likely N-dealkylation sites (N-methyl/N-ethyl adjacent to an activating group) is 1. The summed E-state index contributed by atoms with van der Waals surface area (Å²) >= 11 is 1.35. The molecule has 3 N–H and O–H groups in total. The predicted molar refractivity (Wildman–Crippen MR) is 119 cm³/mol. The first-order valence-corrected chi connectivity index (χ1v) is 12.6. The summed E-state index contributed by atoms with van der Waals surface area (Å²) in [5.74, 6) is -2.00. The van der Waals surface area contributed by atoms with Crippen molar-refractivity contribution in [2.75, 3.05) is 32.0 Å². The quantitative estimate of drug-likeness (QED) is 0.680. The van der Waals surface area contributed by atoms with Gasteiger partial charge in [-0.2, -0.15) is 4.31 Å². The molecule has 1 atom stereocenters. The van der Waals surface area contributed by atoms with Crippen molar-refractivity contribution < 1.29 is 22.4 Å². The topological polar surface area (TPSA) is 113 Å². The second-order valence-electron chi connectivity index (χ2n) is 8.21. The third-order valence-corrected chi connectivity index (χ3v) is 8.95. The number of carbonyl (C=O) groups is 2. The number of fused-ring (bicyclic) bond motifs is 1. The molecule has 1 aromatic carbocycles. The van der Waals surface area contributed by atoms with Crippen LogP contribution in [-0.4, -0.2) is 56.1 Å². The van der Waals surface area contributed by atoms with Gasteiger partial charge in [0.25, 0.3) is 5.91 Å². The number of thiophene rings is 1. The van der Waals surface area contributed by atoms with Gasteiger partial charge >= 0.3 is 0 Å². The number of piperidine rings is 1. The Morgan fingerprint density at radius 3 is 2.62 bits per heavy atom. The number of hydrogen-bond donors (Lipinski definition) is 2. The largest absolute Gasteiger partial charge is 0.365 e. The summed E-state index contributed by atoms with van der Waals surface area (Å²) in [4.78, 5) is 28.3. The Balaban J connectivity index is 1.52. The first-order valence-electron chi connectivity index (χ1n) is 10.4. The van der Waals surface area contributed by atoms with Crippen molar-refractivity contribution in [3.05, 3.63) is 46.1 Å². The second kappa shape index (κ2) is 8.89. The van der Waals surface area contributed by atoms with E-state index in [9.17, 15) is 22.4 Å². The highest BCUT2D eigenvalue weighted by molar-refractivity contribution is 7.89. The lowest BCUT2D eigenvalue weighted by Gasteiger charge is -2.31. The average Bonchev–Trinajstić information content (AvgIpc) is 3.11. The number of nitrogens with zero attached hydrogens (tertiary/aromatic N) is 2. The molecule has 2 aliphatic heterocycles. The van der Waals surface area contributed by atoms with Crippen LogP contribution in [0.2, 0.25) is 0 Å². The highest BCUT2D eigenvalue weighted by Crippen LogP contribution is 2.37. The fourth-order valence-corrected chi connectivity index (χ4v) is 7.08. The van der Waals surface area contributed by atoms with Crippen LogP contribution in [0.5, 0.6) is 0 Å². The molecule has 1 saturated heterocycles. The van der Waals surface area contributed by atoms with E-state index in [-0.39, 0.29) is 23.9 Å². The number of amides is 2. The molecule has 2 amide bonds. The monoisotopic (exact) mass is 480 g/mol. The standard InChI is InChI=1S/C21H25FN4O4S2/c1-25-10-8-16-17(12-25)31-21(18(16)19(23)27)24-20(28)13-3-2-9-26(11-13)32(29,30)15-6-4-14(22)5-7-15/h4-7,13H,2-3,8-12H2,1H3,(H2,23,27)(H,24,28). The smallest absolute Gasteiger partial charge is 0.251 e. The molecule has 0 aliphatic carbocycles. The van der Waals surface area contributed by atoms with Gasteiger partial charge in [-0.15, -0.1) is 11.3 Å². The zero-order valence-electron chi connectivity index (χ0n) is 17.6. The average molecular weight is 481 g/mol. The summed E-state index contributed by atoms with van der Waals surface area (Å²) in [6, 6.07) is 4.64. The Morgan fingerprint density at radius 2 is 1.94 bits per heavy atom. The van der Waals surface area contributed by atoms with Crippen LogP contribution in [0.1, 0.15) is 33.6 Å². The molecule has 0 saturated carbocycles. The summed E-state index contributed by atoms with van der Waals surface area (Å²) in [5, 5.41) is 3.27. The molecule has 0 bridgehead atoms. The summed E-state index contributed by atoms with van der Waals surface area (Å²) in [7, 11) is -1.85. The maximum absolute atomic E-state index is 13.2. The van der Waals surface area contributed by atoms with Crippen molar-refractivity contribution in [1.29, 1.82) is 0 Å². The number of primary amides is 1. The molecule has 11 heteroatoms. The Hall–Kier alpha value is -2.34. The second-order valence-corrected chi connectivity index (χ2v) is 11.2. The summed E-state index contributed by atoms with van der Waals surface area (Å²) in [6.45, 7) is 1.79. The third kappa shape index (κ3) is 4.42. The number of nitrogens with one attached hydrogen (secondary N) is 1. The Bertz CT molecular complexity index is 1150. The van der Waals surface area contributed by atoms with Gasteiger partial charge in [-0.25, -0.2) is 12.8 Å². The van der Waals surface area contributed by atoms with Crippen LogP contribution < -0.4 is 11.1 Å². The molecule has 1 aromatic heterocycles. The molecule has 0 radical (unpaired) electrons. The number of sulfonamides is 1. The summed E-state index contributed by atoms with van der Waals surface area (Å²) < 4.78 is 40.3. The van der Waals surface area contributed by atoms with E-state index in [0.29, 0.717) is 36.4 Å². The van der Waals surface area contributed by atoms with Gasteiger partial charge in [0.1, 0.15) is 10.8 Å². The SMILES string of the molecule is CN1CCc2c(sc(NC(=O)C3CCCN(S(=O)(=O)c4ccc(F)cc4)C3)c2C(N)=O)C1. The number of carbonyl (C=O) groups excluding carboxylic acids is 2. The fourth-order valence-electron chi connectivity index (χ4n) is 4.22. The van der Waals surface area contributed by atoms with Gasteiger partial charge in [0.05, 0.1) is 16.4 Å². The van der Waals surface area contributed by atoms with Crippen LogP contribution in [-0.2, 0) is 27.8 Å². The Labute approximate surface area is 190 Å². The lowest BCUT2D eigenvalue weighted by molar-refractivity contribution is -0.120. The van der Waals surface area contributed by atoms with E-state index < -0.39 is 27.7 Å². The molecule has 32 heavy (non-hydrogen) atoms. The number of halogens is 1. The van der Waals surface area contributed by atoms with Crippen LogP contribution in [0.3, 0.4) is 0 Å². The van der Waals surface area contributed by atoms with E-state index >= 15 is 0 Å². The van der Waals surface area contributed by atoms with E-state index in [4.69, 9.17) is 5.73 Å². The minimum Gasteiger partial charge on any atom is -0.365 e. The zero-order valence-corrected chi connectivity index (χ0v) is 19.3. The Kier molecular flexibility index (Phi) is 6.35. The maximum atomic E-state index is 13.2. The number of benzene rings is 1. The molecule has 4 rings (SSSR count). The van der Waals surface area contributed by atoms with Gasteiger partial charge in [0.2, 0.25) is 15.9 Å². The van der Waals surface area contributed by atoms with Crippen molar-refractivity contribution in [3.63, 3.8) is 0 Å². The van der Waals surface area contributed by atoms with E-state index in [1.807, 2.05) is 7.05 Å². The van der Waals surface area contributed by atoms with Crippen molar-refractivity contribution >= 4 is 38.2 Å². The van der Waals surface area contributed by atoms with Crippen molar-refractivity contribution in [1.82, 2.24) is 9.21 Å². The number of anilines is 1. The van der Waals surface area contributed by atoms with Crippen LogP contribution in [0.4, 0.5) is 9.39 Å². The van der Waals surface area contributed by atoms with Gasteiger partial charge in [0.15, 0.2) is 0 Å². The van der Waals surface area contributed by atoms with Crippen LogP contribution >= 0.6 is 11.3 Å². The fraction of sp³-hybridized carbons (Fsp3) is 0.429. The van der Waals surface area contributed by atoms with Crippen LogP contribution in [0.25, 0.3) is 0 Å². The minimum atomic E-state index is -3.84. The van der Waals surface area contributed by atoms with Crippen molar-refractivity contribution in [2.45, 2.75) is 30.7 Å². The lowest BCUT2D eigenvalue weighted by Crippen LogP contribution is -2.43.